The van der Waals surface area contributed by atoms with E-state index in [-0.39, 0.29) is 6.10 Å². The molecule has 1 saturated carbocycles. The lowest BCUT2D eigenvalue weighted by Gasteiger charge is -2.28. The number of aliphatic hydroxyl groups excluding tert-OH is 1. The van der Waals surface area contributed by atoms with Crippen LogP contribution >= 0.6 is 0 Å². The van der Waals surface area contributed by atoms with Gasteiger partial charge in [-0.15, -0.1) is 0 Å². The smallest absolute Gasteiger partial charge is 0.0580 e. The quantitative estimate of drug-likeness (QED) is 0.829. The van der Waals surface area contributed by atoms with E-state index in [1.165, 1.54) is 31.2 Å². The first-order valence-electron chi connectivity index (χ1n) is 7.59. The van der Waals surface area contributed by atoms with E-state index < -0.39 is 0 Å². The predicted octanol–water partition coefficient (Wildman–Crippen LogP) is 2.84. The molecule has 1 fully saturated rings. The summed E-state index contributed by atoms with van der Waals surface area (Å²) in [7, 11) is 0. The molecule has 0 amide bonds. The minimum Gasteiger partial charge on any atom is -0.393 e. The topological polar surface area (TPSA) is 36.4 Å². The average molecular weight is 262 g/mol. The third kappa shape index (κ3) is 4.59. The summed E-state index contributed by atoms with van der Waals surface area (Å²) in [5.41, 5.74) is 1.31. The maximum absolute atomic E-state index is 10.2. The summed E-state index contributed by atoms with van der Waals surface area (Å²) in [6.07, 6.45) is 9.50. The van der Waals surface area contributed by atoms with Gasteiger partial charge in [-0.3, -0.25) is 9.88 Å². The maximum Gasteiger partial charge on any atom is 0.0580 e. The normalized spacial score (nSPS) is 24.4. The third-order valence-corrected chi connectivity index (χ3v) is 4.21. The van der Waals surface area contributed by atoms with E-state index >= 15 is 0 Å². The van der Waals surface area contributed by atoms with Crippen molar-refractivity contribution in [3.8, 4) is 0 Å². The number of hydrogen-bond acceptors (Lipinski definition) is 3. The molecule has 2 atom stereocenters. The van der Waals surface area contributed by atoms with E-state index in [9.17, 15) is 5.11 Å². The first-order valence-corrected chi connectivity index (χ1v) is 7.59. The van der Waals surface area contributed by atoms with Crippen molar-refractivity contribution in [3.05, 3.63) is 30.1 Å². The molecular formula is C16H26N2O. The second kappa shape index (κ2) is 7.61. The number of pyridine rings is 1. The van der Waals surface area contributed by atoms with Crippen molar-refractivity contribution in [3.63, 3.8) is 0 Å². The van der Waals surface area contributed by atoms with E-state index in [4.69, 9.17) is 0 Å². The van der Waals surface area contributed by atoms with E-state index in [1.807, 2.05) is 12.4 Å². The molecule has 1 N–H and O–H groups in total. The molecule has 1 aromatic rings. The first-order chi connectivity index (χ1) is 9.29. The zero-order valence-corrected chi connectivity index (χ0v) is 12.0. The second-order valence-electron chi connectivity index (χ2n) is 5.65. The van der Waals surface area contributed by atoms with Crippen molar-refractivity contribution >= 4 is 0 Å². The lowest BCUT2D eigenvalue weighted by atomic mass is 9.96. The summed E-state index contributed by atoms with van der Waals surface area (Å²) in [5.74, 6) is 0.448. The van der Waals surface area contributed by atoms with Gasteiger partial charge in [-0.05, 0) is 43.0 Å². The molecule has 1 aromatic heterocycles. The summed E-state index contributed by atoms with van der Waals surface area (Å²) in [4.78, 5) is 6.50. The number of aromatic nitrogens is 1. The van der Waals surface area contributed by atoms with Crippen molar-refractivity contribution in [2.24, 2.45) is 5.92 Å². The Morgan fingerprint density at radius 2 is 1.95 bits per heavy atom. The van der Waals surface area contributed by atoms with Crippen molar-refractivity contribution < 1.29 is 5.11 Å². The van der Waals surface area contributed by atoms with Crippen LogP contribution in [-0.2, 0) is 6.54 Å². The van der Waals surface area contributed by atoms with E-state index in [0.717, 1.165) is 26.1 Å². The fourth-order valence-corrected chi connectivity index (χ4v) is 2.96. The van der Waals surface area contributed by atoms with Crippen LogP contribution in [0.1, 0.15) is 44.6 Å². The number of hydrogen-bond donors (Lipinski definition) is 1. The van der Waals surface area contributed by atoms with E-state index in [0.29, 0.717) is 5.92 Å². The monoisotopic (exact) mass is 262 g/mol. The van der Waals surface area contributed by atoms with Crippen LogP contribution in [0.25, 0.3) is 0 Å². The van der Waals surface area contributed by atoms with Crippen LogP contribution in [-0.4, -0.2) is 34.2 Å². The van der Waals surface area contributed by atoms with Crippen LogP contribution in [0.4, 0.5) is 0 Å². The van der Waals surface area contributed by atoms with Gasteiger partial charge in [0.05, 0.1) is 6.10 Å². The maximum atomic E-state index is 10.2. The van der Waals surface area contributed by atoms with Crippen molar-refractivity contribution in [1.82, 2.24) is 9.88 Å². The summed E-state index contributed by atoms with van der Waals surface area (Å²) < 4.78 is 0. The minimum absolute atomic E-state index is 0.103. The summed E-state index contributed by atoms with van der Waals surface area (Å²) in [5, 5.41) is 10.2. The standard InChI is InChI=1S/C16H26N2O/c1-2-18(12-14-8-10-17-11-9-14)13-15-6-4-3-5-7-16(15)19/h8-11,15-16,19H,2-7,12-13H2,1H3. The Hall–Kier alpha value is -0.930. The van der Waals surface area contributed by atoms with Gasteiger partial charge in [-0.25, -0.2) is 0 Å². The lowest BCUT2D eigenvalue weighted by molar-refractivity contribution is 0.0727. The van der Waals surface area contributed by atoms with Gasteiger partial charge in [0.25, 0.3) is 0 Å². The Labute approximate surface area is 116 Å². The number of rotatable bonds is 5. The number of aliphatic hydroxyl groups is 1. The minimum atomic E-state index is -0.103. The highest BCUT2D eigenvalue weighted by Crippen LogP contribution is 2.24. The summed E-state index contributed by atoms with van der Waals surface area (Å²) in [6.45, 7) is 5.21. The highest BCUT2D eigenvalue weighted by Gasteiger charge is 2.23. The van der Waals surface area contributed by atoms with Crippen LogP contribution in [0.5, 0.6) is 0 Å². The summed E-state index contributed by atoms with van der Waals surface area (Å²) in [6, 6.07) is 4.15. The molecule has 0 radical (unpaired) electrons. The van der Waals surface area contributed by atoms with Crippen LogP contribution < -0.4 is 0 Å². The largest absolute Gasteiger partial charge is 0.393 e. The molecule has 3 nitrogen and oxygen atoms in total. The molecule has 1 heterocycles. The third-order valence-electron chi connectivity index (χ3n) is 4.21. The molecule has 0 aromatic carbocycles. The van der Waals surface area contributed by atoms with Gasteiger partial charge >= 0.3 is 0 Å². The van der Waals surface area contributed by atoms with E-state index in [1.54, 1.807) is 0 Å². The molecular weight excluding hydrogens is 236 g/mol. The number of nitrogens with zero attached hydrogens (tertiary/aromatic N) is 2. The Morgan fingerprint density at radius 3 is 2.68 bits per heavy atom. The second-order valence-corrected chi connectivity index (χ2v) is 5.65. The summed E-state index contributed by atoms with van der Waals surface area (Å²) >= 11 is 0. The predicted molar refractivity (Wildman–Crippen MR) is 77.8 cm³/mol. The van der Waals surface area contributed by atoms with Crippen LogP contribution in [0.2, 0.25) is 0 Å². The zero-order valence-electron chi connectivity index (χ0n) is 12.0. The van der Waals surface area contributed by atoms with Gasteiger partial charge in [-0.2, -0.15) is 0 Å². The first kappa shape index (κ1) is 14.5. The Morgan fingerprint density at radius 1 is 1.21 bits per heavy atom. The molecule has 3 heteroatoms. The van der Waals surface area contributed by atoms with Gasteiger partial charge in [0.15, 0.2) is 0 Å². The Balaban J connectivity index is 1.90. The fourth-order valence-electron chi connectivity index (χ4n) is 2.96. The SMILES string of the molecule is CCN(Cc1ccncc1)CC1CCCCCC1O. The molecule has 0 spiro atoms. The highest BCUT2D eigenvalue weighted by molar-refractivity contribution is 5.09. The van der Waals surface area contributed by atoms with Crippen molar-refractivity contribution in [1.29, 1.82) is 0 Å². The van der Waals surface area contributed by atoms with Gasteiger partial charge in [-0.1, -0.05) is 26.2 Å². The van der Waals surface area contributed by atoms with Gasteiger partial charge in [0.2, 0.25) is 0 Å². The van der Waals surface area contributed by atoms with Crippen LogP contribution in [0.3, 0.4) is 0 Å². The lowest BCUT2D eigenvalue weighted by Crippen LogP contribution is -2.34. The Bertz CT molecular complexity index is 355. The van der Waals surface area contributed by atoms with Crippen LogP contribution in [0, 0.1) is 5.92 Å². The molecule has 2 unspecified atom stereocenters. The van der Waals surface area contributed by atoms with Gasteiger partial charge in [0, 0.05) is 25.5 Å². The molecule has 1 aliphatic rings. The van der Waals surface area contributed by atoms with Crippen molar-refractivity contribution in [2.75, 3.05) is 13.1 Å². The Kier molecular flexibility index (Phi) is 5.80. The van der Waals surface area contributed by atoms with Gasteiger partial charge in [0.1, 0.15) is 0 Å². The molecule has 0 aliphatic heterocycles. The molecule has 19 heavy (non-hydrogen) atoms. The highest BCUT2D eigenvalue weighted by atomic mass is 16.3. The molecule has 0 saturated heterocycles. The average Bonchev–Trinajstić information content (AvgIpc) is 2.64. The van der Waals surface area contributed by atoms with Crippen molar-refractivity contribution in [2.45, 2.75) is 51.7 Å². The molecule has 1 aliphatic carbocycles. The molecule has 106 valence electrons. The zero-order chi connectivity index (χ0) is 13.5. The molecule has 2 rings (SSSR count). The van der Waals surface area contributed by atoms with E-state index in [2.05, 4.69) is 28.9 Å². The fraction of sp³-hybridized carbons (Fsp3) is 0.688. The van der Waals surface area contributed by atoms with Crippen LogP contribution in [0.15, 0.2) is 24.5 Å². The van der Waals surface area contributed by atoms with Gasteiger partial charge < -0.3 is 5.11 Å². The molecule has 0 bridgehead atoms.